The summed E-state index contributed by atoms with van der Waals surface area (Å²) in [7, 11) is 0. The van der Waals surface area contributed by atoms with Gasteiger partial charge in [0.25, 0.3) is 0 Å². The molecule has 1 aliphatic heterocycles. The molecular weight excluding hydrogens is 278 g/mol. The first-order valence-electron chi connectivity index (χ1n) is 7.13. The normalized spacial score (nSPS) is 16.4. The van der Waals surface area contributed by atoms with Crippen molar-refractivity contribution in [1.29, 1.82) is 0 Å². The van der Waals surface area contributed by atoms with Crippen LogP contribution in [0.5, 0.6) is 0 Å². The lowest BCUT2D eigenvalue weighted by atomic mass is 10.1. The maximum Gasteiger partial charge on any atom is 0.217 e. The van der Waals surface area contributed by atoms with Gasteiger partial charge in [0, 0.05) is 16.2 Å². The molecule has 0 aromatic heterocycles. The summed E-state index contributed by atoms with van der Waals surface area (Å²) in [6.45, 7) is 4.85. The van der Waals surface area contributed by atoms with Gasteiger partial charge < -0.3 is 4.74 Å². The fourth-order valence-corrected chi connectivity index (χ4v) is 3.23. The maximum atomic E-state index is 5.78. The number of ether oxygens (including phenoxy) is 1. The molecule has 0 aliphatic carbocycles. The Balaban J connectivity index is 1.81. The summed E-state index contributed by atoms with van der Waals surface area (Å²) in [4.78, 5) is 5.91. The van der Waals surface area contributed by atoms with Crippen molar-refractivity contribution in [3.8, 4) is 0 Å². The molecule has 108 valence electrons. The van der Waals surface area contributed by atoms with Gasteiger partial charge in [0.05, 0.1) is 5.54 Å². The molecule has 1 heterocycles. The van der Waals surface area contributed by atoms with Gasteiger partial charge in [-0.1, -0.05) is 42.5 Å². The predicted molar refractivity (Wildman–Crippen MR) is 89.0 cm³/mol. The zero-order valence-electron chi connectivity index (χ0n) is 12.4. The number of thioether (sulfide) groups is 1. The summed E-state index contributed by atoms with van der Waals surface area (Å²) in [6, 6.07) is 18.9. The Labute approximate surface area is 130 Å². The summed E-state index contributed by atoms with van der Waals surface area (Å²) < 4.78 is 5.78. The first-order chi connectivity index (χ1) is 10.1. The minimum absolute atomic E-state index is 0.119. The molecule has 0 radical (unpaired) electrons. The molecular formula is C18H19NOS. The van der Waals surface area contributed by atoms with Gasteiger partial charge in [-0.05, 0) is 31.5 Å². The van der Waals surface area contributed by atoms with E-state index in [0.29, 0.717) is 6.61 Å². The lowest BCUT2D eigenvalue weighted by molar-refractivity contribution is 0.279. The fourth-order valence-electron chi connectivity index (χ4n) is 2.23. The van der Waals surface area contributed by atoms with E-state index in [0.717, 1.165) is 17.2 Å². The van der Waals surface area contributed by atoms with Crippen molar-refractivity contribution in [2.75, 3.05) is 6.61 Å². The average molecular weight is 297 g/mol. The number of nitrogens with zero attached hydrogens (tertiary/aromatic N) is 1. The second-order valence-electron chi connectivity index (χ2n) is 5.79. The SMILES string of the molecule is CC1(C)COC(c2ccccc2SCc2ccccc2)=N1. The average Bonchev–Trinajstić information content (AvgIpc) is 2.86. The summed E-state index contributed by atoms with van der Waals surface area (Å²) in [6.07, 6.45) is 0. The molecule has 0 amide bonds. The summed E-state index contributed by atoms with van der Waals surface area (Å²) in [5.74, 6) is 1.73. The van der Waals surface area contributed by atoms with E-state index in [2.05, 4.69) is 61.3 Å². The quantitative estimate of drug-likeness (QED) is 0.773. The van der Waals surface area contributed by atoms with Gasteiger partial charge in [0.1, 0.15) is 6.61 Å². The highest BCUT2D eigenvalue weighted by molar-refractivity contribution is 7.98. The van der Waals surface area contributed by atoms with Crippen LogP contribution in [-0.2, 0) is 10.5 Å². The molecule has 0 unspecified atom stereocenters. The summed E-state index contributed by atoms with van der Waals surface area (Å²) in [5.41, 5.74) is 2.31. The van der Waals surface area contributed by atoms with Gasteiger partial charge in [-0.25, -0.2) is 4.99 Å². The molecule has 3 rings (SSSR count). The molecule has 2 aromatic rings. The second-order valence-corrected chi connectivity index (χ2v) is 6.81. The van der Waals surface area contributed by atoms with Gasteiger partial charge in [-0.3, -0.25) is 0 Å². The Morgan fingerprint density at radius 2 is 1.76 bits per heavy atom. The van der Waals surface area contributed by atoms with Crippen LogP contribution in [0.25, 0.3) is 0 Å². The van der Waals surface area contributed by atoms with Crippen LogP contribution in [-0.4, -0.2) is 18.0 Å². The molecule has 0 bridgehead atoms. The lowest BCUT2D eigenvalue weighted by Crippen LogP contribution is -2.17. The third-order valence-corrected chi connectivity index (χ3v) is 4.47. The van der Waals surface area contributed by atoms with E-state index in [4.69, 9.17) is 4.74 Å². The maximum absolute atomic E-state index is 5.78. The van der Waals surface area contributed by atoms with Crippen LogP contribution in [0.2, 0.25) is 0 Å². The van der Waals surface area contributed by atoms with Crippen molar-refractivity contribution >= 4 is 17.7 Å². The van der Waals surface area contributed by atoms with Crippen LogP contribution in [0.3, 0.4) is 0 Å². The van der Waals surface area contributed by atoms with E-state index < -0.39 is 0 Å². The number of aliphatic imine (C=N–C) groups is 1. The third-order valence-electron chi connectivity index (χ3n) is 3.32. The molecule has 0 atom stereocenters. The molecule has 0 saturated heterocycles. The molecule has 1 aliphatic rings. The Kier molecular flexibility index (Phi) is 4.02. The number of rotatable bonds is 4. The molecule has 21 heavy (non-hydrogen) atoms. The van der Waals surface area contributed by atoms with Gasteiger partial charge in [0.15, 0.2) is 0 Å². The minimum atomic E-state index is -0.119. The Morgan fingerprint density at radius 3 is 2.48 bits per heavy atom. The van der Waals surface area contributed by atoms with E-state index in [9.17, 15) is 0 Å². The zero-order valence-corrected chi connectivity index (χ0v) is 13.2. The lowest BCUT2D eigenvalue weighted by Gasteiger charge is -2.08. The minimum Gasteiger partial charge on any atom is -0.475 e. The highest BCUT2D eigenvalue weighted by atomic mass is 32.2. The molecule has 2 nitrogen and oxygen atoms in total. The van der Waals surface area contributed by atoms with Crippen LogP contribution >= 0.6 is 11.8 Å². The molecule has 0 fully saturated rings. The molecule has 0 saturated carbocycles. The summed E-state index contributed by atoms with van der Waals surface area (Å²) in [5, 5.41) is 0. The first kappa shape index (κ1) is 14.2. The van der Waals surface area contributed by atoms with Crippen molar-refractivity contribution in [2.24, 2.45) is 4.99 Å². The fraction of sp³-hybridized carbons (Fsp3) is 0.278. The van der Waals surface area contributed by atoms with Crippen LogP contribution in [0, 0.1) is 0 Å². The van der Waals surface area contributed by atoms with E-state index in [1.165, 1.54) is 10.5 Å². The third kappa shape index (κ3) is 3.48. The van der Waals surface area contributed by atoms with Crippen LogP contribution in [0.15, 0.2) is 64.5 Å². The van der Waals surface area contributed by atoms with Gasteiger partial charge in [-0.2, -0.15) is 0 Å². The Hall–Kier alpha value is -1.74. The standard InChI is InChI=1S/C18H19NOS/c1-18(2)13-20-17(19-18)15-10-6-7-11-16(15)21-12-14-8-4-3-5-9-14/h3-11H,12-13H2,1-2H3. The second kappa shape index (κ2) is 5.94. The Bertz CT molecular complexity index is 649. The van der Waals surface area contributed by atoms with Crippen LogP contribution < -0.4 is 0 Å². The van der Waals surface area contributed by atoms with Crippen LogP contribution in [0.4, 0.5) is 0 Å². The molecule has 0 N–H and O–H groups in total. The van der Waals surface area contributed by atoms with Gasteiger partial charge in [-0.15, -0.1) is 11.8 Å². The molecule has 3 heteroatoms. The van der Waals surface area contributed by atoms with Crippen LogP contribution in [0.1, 0.15) is 25.0 Å². The van der Waals surface area contributed by atoms with Gasteiger partial charge >= 0.3 is 0 Å². The van der Waals surface area contributed by atoms with E-state index >= 15 is 0 Å². The van der Waals surface area contributed by atoms with Gasteiger partial charge in [0.2, 0.25) is 5.90 Å². The van der Waals surface area contributed by atoms with Crippen molar-refractivity contribution in [3.05, 3.63) is 65.7 Å². The molecule has 0 spiro atoms. The highest BCUT2D eigenvalue weighted by Crippen LogP contribution is 2.29. The number of hydrogen-bond donors (Lipinski definition) is 0. The van der Waals surface area contributed by atoms with E-state index in [-0.39, 0.29) is 5.54 Å². The first-order valence-corrected chi connectivity index (χ1v) is 8.11. The van der Waals surface area contributed by atoms with Crippen molar-refractivity contribution in [3.63, 3.8) is 0 Å². The highest BCUT2D eigenvalue weighted by Gasteiger charge is 2.28. The van der Waals surface area contributed by atoms with Crippen molar-refractivity contribution in [1.82, 2.24) is 0 Å². The Morgan fingerprint density at radius 1 is 1.05 bits per heavy atom. The topological polar surface area (TPSA) is 21.6 Å². The smallest absolute Gasteiger partial charge is 0.217 e. The largest absolute Gasteiger partial charge is 0.475 e. The summed E-state index contributed by atoms with van der Waals surface area (Å²) >= 11 is 1.83. The van der Waals surface area contributed by atoms with Crippen molar-refractivity contribution < 1.29 is 4.74 Å². The number of hydrogen-bond acceptors (Lipinski definition) is 3. The molecule has 2 aromatic carbocycles. The number of benzene rings is 2. The van der Waals surface area contributed by atoms with E-state index in [1.54, 1.807) is 0 Å². The predicted octanol–water partition coefficient (Wildman–Crippen LogP) is 4.53. The van der Waals surface area contributed by atoms with E-state index in [1.807, 2.05) is 23.9 Å². The van der Waals surface area contributed by atoms with Crippen molar-refractivity contribution in [2.45, 2.75) is 30.0 Å². The monoisotopic (exact) mass is 297 g/mol. The zero-order chi connectivity index (χ0) is 14.7.